The summed E-state index contributed by atoms with van der Waals surface area (Å²) in [5.41, 5.74) is 2.66. The van der Waals surface area contributed by atoms with E-state index >= 15 is 0 Å². The predicted molar refractivity (Wildman–Crippen MR) is 105 cm³/mol. The van der Waals surface area contributed by atoms with Crippen LogP contribution in [0.15, 0.2) is 47.0 Å². The van der Waals surface area contributed by atoms with Crippen LogP contribution in [0.5, 0.6) is 11.5 Å². The number of likely N-dealkylation sites (tertiary alicyclic amines) is 1. The third kappa shape index (κ3) is 3.44. The van der Waals surface area contributed by atoms with Crippen molar-refractivity contribution >= 4 is 5.91 Å². The monoisotopic (exact) mass is 391 g/mol. The fourth-order valence-corrected chi connectivity index (χ4v) is 3.84. The number of hydrogen-bond acceptors (Lipinski definition) is 6. The second-order valence-corrected chi connectivity index (χ2v) is 7.46. The van der Waals surface area contributed by atoms with Crippen molar-refractivity contribution in [3.05, 3.63) is 59.5 Å². The first-order valence-corrected chi connectivity index (χ1v) is 9.77. The number of piperidine rings is 1. The van der Waals surface area contributed by atoms with Crippen molar-refractivity contribution in [1.82, 2.24) is 15.0 Å². The van der Waals surface area contributed by atoms with Gasteiger partial charge in [-0.15, -0.1) is 0 Å². The van der Waals surface area contributed by atoms with E-state index < -0.39 is 0 Å². The van der Waals surface area contributed by atoms with Crippen LogP contribution < -0.4 is 9.47 Å². The van der Waals surface area contributed by atoms with Crippen molar-refractivity contribution in [3.63, 3.8) is 0 Å². The van der Waals surface area contributed by atoms with E-state index in [2.05, 4.69) is 10.1 Å². The number of carbonyl (C=O) groups excluding carboxylic acids is 1. The molecule has 0 spiro atoms. The van der Waals surface area contributed by atoms with Crippen LogP contribution in [0.1, 0.15) is 40.6 Å². The van der Waals surface area contributed by atoms with Gasteiger partial charge in [0.15, 0.2) is 11.5 Å². The normalized spacial score (nSPS) is 16.2. The van der Waals surface area contributed by atoms with Gasteiger partial charge in [0.1, 0.15) is 0 Å². The number of aromatic nitrogens is 2. The summed E-state index contributed by atoms with van der Waals surface area (Å²) in [4.78, 5) is 19.2. The van der Waals surface area contributed by atoms with Crippen LogP contribution in [0.4, 0.5) is 0 Å². The molecule has 3 aromatic rings. The maximum absolute atomic E-state index is 12.7. The molecule has 2 aromatic carbocycles. The molecule has 0 atom stereocenters. The van der Waals surface area contributed by atoms with Crippen LogP contribution in [-0.4, -0.2) is 40.8 Å². The van der Waals surface area contributed by atoms with E-state index in [4.69, 9.17) is 14.0 Å². The molecule has 5 rings (SSSR count). The maximum atomic E-state index is 12.7. The fraction of sp³-hybridized carbons (Fsp3) is 0.318. The van der Waals surface area contributed by atoms with Crippen LogP contribution in [0.2, 0.25) is 0 Å². The number of ether oxygens (including phenoxy) is 2. The van der Waals surface area contributed by atoms with E-state index in [0.717, 1.165) is 35.3 Å². The van der Waals surface area contributed by atoms with E-state index in [9.17, 15) is 4.79 Å². The molecule has 7 heteroatoms. The Morgan fingerprint density at radius 2 is 1.90 bits per heavy atom. The van der Waals surface area contributed by atoms with Crippen molar-refractivity contribution in [2.24, 2.45) is 0 Å². The summed E-state index contributed by atoms with van der Waals surface area (Å²) in [6.07, 6.45) is 1.61. The number of aryl methyl sites for hydroxylation is 1. The molecule has 0 N–H and O–H groups in total. The second kappa shape index (κ2) is 7.24. The fourth-order valence-electron chi connectivity index (χ4n) is 3.84. The van der Waals surface area contributed by atoms with Gasteiger partial charge in [0.2, 0.25) is 18.5 Å². The Balaban J connectivity index is 1.25. The minimum atomic E-state index is 0.0822. The third-order valence-electron chi connectivity index (χ3n) is 5.47. The van der Waals surface area contributed by atoms with Gasteiger partial charge in [0.05, 0.1) is 0 Å². The molecule has 1 aromatic heterocycles. The highest BCUT2D eigenvalue weighted by atomic mass is 16.7. The highest BCUT2D eigenvalue weighted by Gasteiger charge is 2.28. The molecule has 0 unspecified atom stereocenters. The smallest absolute Gasteiger partial charge is 0.253 e. The van der Waals surface area contributed by atoms with Crippen LogP contribution in [-0.2, 0) is 0 Å². The Hall–Kier alpha value is -3.35. The van der Waals surface area contributed by atoms with E-state index in [0.29, 0.717) is 30.6 Å². The Morgan fingerprint density at radius 1 is 1.07 bits per heavy atom. The van der Waals surface area contributed by atoms with E-state index in [1.165, 1.54) is 0 Å². The molecule has 1 saturated heterocycles. The summed E-state index contributed by atoms with van der Waals surface area (Å²) >= 11 is 0. The van der Waals surface area contributed by atoms with Crippen molar-refractivity contribution in [2.75, 3.05) is 19.9 Å². The molecule has 148 valence electrons. The zero-order chi connectivity index (χ0) is 19.8. The van der Waals surface area contributed by atoms with Crippen molar-refractivity contribution in [2.45, 2.75) is 25.7 Å². The Bertz CT molecular complexity index is 1050. The highest BCUT2D eigenvalue weighted by molar-refractivity contribution is 5.94. The Kier molecular flexibility index (Phi) is 4.42. The Labute approximate surface area is 168 Å². The number of fused-ring (bicyclic) bond motifs is 1. The summed E-state index contributed by atoms with van der Waals surface area (Å²) in [6.45, 7) is 3.59. The van der Waals surface area contributed by atoms with Gasteiger partial charge in [0, 0.05) is 30.1 Å². The summed E-state index contributed by atoms with van der Waals surface area (Å²) < 4.78 is 16.3. The standard InChI is InChI=1S/C22H21N3O4/c1-14-3-2-4-17(11-14)22(26)25-9-7-15(8-10-25)21-23-20(24-29-21)16-5-6-18-19(12-16)28-13-27-18/h2-6,11-12,15H,7-10,13H2,1H3. The largest absolute Gasteiger partial charge is 0.454 e. The van der Waals surface area contributed by atoms with E-state index in [1.807, 2.05) is 54.3 Å². The van der Waals surface area contributed by atoms with Gasteiger partial charge < -0.3 is 18.9 Å². The minimum absolute atomic E-state index is 0.0822. The van der Waals surface area contributed by atoms with Gasteiger partial charge in [-0.05, 0) is 50.1 Å². The van der Waals surface area contributed by atoms with Gasteiger partial charge in [-0.3, -0.25) is 4.79 Å². The van der Waals surface area contributed by atoms with E-state index in [-0.39, 0.29) is 18.6 Å². The lowest BCUT2D eigenvalue weighted by atomic mass is 9.96. The summed E-state index contributed by atoms with van der Waals surface area (Å²) in [5, 5.41) is 4.14. The zero-order valence-electron chi connectivity index (χ0n) is 16.1. The molecule has 1 amide bonds. The van der Waals surface area contributed by atoms with Crippen LogP contribution in [0.3, 0.4) is 0 Å². The molecule has 7 nitrogen and oxygen atoms in total. The first kappa shape index (κ1) is 17.7. The first-order chi connectivity index (χ1) is 14.2. The lowest BCUT2D eigenvalue weighted by Gasteiger charge is -2.30. The predicted octanol–water partition coefficient (Wildman–Crippen LogP) is 3.79. The topological polar surface area (TPSA) is 77.7 Å². The lowest BCUT2D eigenvalue weighted by Crippen LogP contribution is -2.38. The number of benzene rings is 2. The third-order valence-corrected chi connectivity index (χ3v) is 5.47. The molecule has 0 saturated carbocycles. The number of amides is 1. The molecule has 2 aliphatic rings. The van der Waals surface area contributed by atoms with Gasteiger partial charge in [-0.1, -0.05) is 22.9 Å². The molecular weight excluding hydrogens is 370 g/mol. The van der Waals surface area contributed by atoms with Crippen LogP contribution >= 0.6 is 0 Å². The summed E-state index contributed by atoms with van der Waals surface area (Å²) in [5.74, 6) is 2.82. The number of hydrogen-bond donors (Lipinski definition) is 0. The summed E-state index contributed by atoms with van der Waals surface area (Å²) in [6, 6.07) is 13.3. The van der Waals surface area contributed by atoms with Crippen molar-refractivity contribution < 1.29 is 18.8 Å². The molecule has 29 heavy (non-hydrogen) atoms. The molecule has 3 heterocycles. The van der Waals surface area contributed by atoms with Gasteiger partial charge in [0.25, 0.3) is 5.91 Å². The second-order valence-electron chi connectivity index (χ2n) is 7.46. The van der Waals surface area contributed by atoms with Crippen LogP contribution in [0.25, 0.3) is 11.4 Å². The molecule has 0 radical (unpaired) electrons. The number of rotatable bonds is 3. The maximum Gasteiger partial charge on any atom is 0.253 e. The quantitative estimate of drug-likeness (QED) is 0.676. The molecule has 1 fully saturated rings. The minimum Gasteiger partial charge on any atom is -0.454 e. The van der Waals surface area contributed by atoms with Gasteiger partial charge >= 0.3 is 0 Å². The lowest BCUT2D eigenvalue weighted by molar-refractivity contribution is 0.0704. The zero-order valence-corrected chi connectivity index (χ0v) is 16.1. The highest BCUT2D eigenvalue weighted by Crippen LogP contribution is 2.36. The Morgan fingerprint density at radius 3 is 2.72 bits per heavy atom. The molecular formula is C22H21N3O4. The van der Waals surface area contributed by atoms with E-state index in [1.54, 1.807) is 0 Å². The molecule has 2 aliphatic heterocycles. The summed E-state index contributed by atoms with van der Waals surface area (Å²) in [7, 11) is 0. The van der Waals surface area contributed by atoms with Crippen molar-refractivity contribution in [1.29, 1.82) is 0 Å². The average Bonchev–Trinajstić information content (AvgIpc) is 3.42. The van der Waals surface area contributed by atoms with Crippen molar-refractivity contribution in [3.8, 4) is 22.9 Å². The van der Waals surface area contributed by atoms with Gasteiger partial charge in [-0.2, -0.15) is 4.98 Å². The van der Waals surface area contributed by atoms with Gasteiger partial charge in [-0.25, -0.2) is 0 Å². The van der Waals surface area contributed by atoms with Crippen LogP contribution in [0, 0.1) is 6.92 Å². The molecule has 0 aliphatic carbocycles. The number of nitrogens with zero attached hydrogens (tertiary/aromatic N) is 3. The average molecular weight is 391 g/mol. The SMILES string of the molecule is Cc1cccc(C(=O)N2CCC(c3nc(-c4ccc5c(c4)OCO5)no3)CC2)c1. The molecule has 0 bridgehead atoms. The first-order valence-electron chi connectivity index (χ1n) is 9.77. The number of carbonyl (C=O) groups is 1.